The minimum Gasteiger partial charge on any atom is -0.274 e. The Balaban J connectivity index is 1.08. The van der Waals surface area contributed by atoms with Crippen LogP contribution in [0.5, 0.6) is 0 Å². The number of thioether (sulfide) groups is 1. The lowest BCUT2D eigenvalue weighted by molar-refractivity contribution is -0.387. The summed E-state index contributed by atoms with van der Waals surface area (Å²) < 4.78 is 1.33. The standard InChI is InChI=1S/C39H29Cl2N5O5S3/c1-20-7-10-23(17-28(20)40)42-38-45(24-11-8-21(2)29(41)18-24)37(49)34(52-38)16-22-9-14-32(31(15-22)46(50)51)53-39-43-30-13-12-25(19-33(30)54-39)44-35(47)26-5-3-4-6-27(26)36(44)48/h7-19,26-27H,3-6H2,1-2H3/b34-16-,42-38?/t26-,27-/m0/s1. The quantitative estimate of drug-likeness (QED) is 0.0688. The van der Waals surface area contributed by atoms with E-state index in [0.29, 0.717) is 57.5 Å². The monoisotopic (exact) mass is 813 g/mol. The zero-order chi connectivity index (χ0) is 37.8. The lowest BCUT2D eigenvalue weighted by Gasteiger charge is -2.19. The normalized spacial score (nSPS) is 20.2. The van der Waals surface area contributed by atoms with Crippen molar-refractivity contribution in [3.63, 3.8) is 0 Å². The maximum atomic E-state index is 14.0. The van der Waals surface area contributed by atoms with Gasteiger partial charge in [-0.1, -0.05) is 66.0 Å². The predicted molar refractivity (Wildman–Crippen MR) is 217 cm³/mol. The molecule has 54 heavy (non-hydrogen) atoms. The van der Waals surface area contributed by atoms with Gasteiger partial charge in [0, 0.05) is 16.1 Å². The molecule has 3 fully saturated rings. The first-order valence-corrected chi connectivity index (χ1v) is 20.3. The average molecular weight is 815 g/mol. The van der Waals surface area contributed by atoms with Crippen molar-refractivity contribution < 1.29 is 19.3 Å². The van der Waals surface area contributed by atoms with Gasteiger partial charge < -0.3 is 0 Å². The van der Waals surface area contributed by atoms with Gasteiger partial charge >= 0.3 is 0 Å². The molecule has 1 saturated carbocycles. The van der Waals surface area contributed by atoms with Gasteiger partial charge in [0.15, 0.2) is 9.51 Å². The van der Waals surface area contributed by atoms with E-state index < -0.39 is 4.92 Å². The Hall–Kier alpha value is -4.53. The van der Waals surface area contributed by atoms with Crippen LogP contribution in [0.1, 0.15) is 42.4 Å². The smallest absolute Gasteiger partial charge is 0.274 e. The topological polar surface area (TPSA) is 126 Å². The summed E-state index contributed by atoms with van der Waals surface area (Å²) in [4.78, 5) is 65.1. The number of anilines is 2. The van der Waals surface area contributed by atoms with Crippen LogP contribution in [0.3, 0.4) is 0 Å². The summed E-state index contributed by atoms with van der Waals surface area (Å²) in [7, 11) is 0. The largest absolute Gasteiger partial charge is 0.283 e. The number of aliphatic imine (C=N–C) groups is 1. The molecule has 0 unspecified atom stereocenters. The van der Waals surface area contributed by atoms with E-state index in [1.165, 1.54) is 27.2 Å². The summed E-state index contributed by atoms with van der Waals surface area (Å²) in [6.45, 7) is 3.76. The van der Waals surface area contributed by atoms with Crippen LogP contribution in [-0.2, 0) is 14.4 Å². The third-order valence-corrected chi connectivity index (χ3v) is 13.7. The minimum absolute atomic E-state index is 0.140. The molecule has 2 aliphatic heterocycles. The van der Waals surface area contributed by atoms with E-state index in [1.807, 2.05) is 32.0 Å². The van der Waals surface area contributed by atoms with Crippen molar-refractivity contribution in [1.29, 1.82) is 0 Å². The highest BCUT2D eigenvalue weighted by Crippen LogP contribution is 2.44. The van der Waals surface area contributed by atoms with Gasteiger partial charge in [-0.15, -0.1) is 11.3 Å². The molecule has 3 heterocycles. The summed E-state index contributed by atoms with van der Waals surface area (Å²) in [6, 6.07) is 20.8. The number of nitro groups is 1. The zero-order valence-electron chi connectivity index (χ0n) is 28.7. The molecule has 2 atom stereocenters. The molecule has 8 rings (SSSR count). The molecule has 3 aliphatic rings. The Bertz CT molecular complexity index is 2480. The molecule has 1 aromatic heterocycles. The van der Waals surface area contributed by atoms with Crippen molar-refractivity contribution in [1.82, 2.24) is 4.98 Å². The van der Waals surface area contributed by atoms with E-state index >= 15 is 0 Å². The number of hydrogen-bond donors (Lipinski definition) is 0. The number of halogens is 2. The Kier molecular flexibility index (Phi) is 9.86. The van der Waals surface area contributed by atoms with Crippen LogP contribution in [0.2, 0.25) is 10.0 Å². The molecule has 15 heteroatoms. The van der Waals surface area contributed by atoms with Gasteiger partial charge in [-0.2, -0.15) is 0 Å². The SMILES string of the molecule is Cc1ccc(N=C2S/C(=C\c3ccc(Sc4nc5ccc(N6C(=O)[C@H]7CCCC[C@@H]7C6=O)cc5s4)c([N+](=O)[O-])c3)C(=O)N2c2ccc(C)c(Cl)c2)cc1Cl. The summed E-state index contributed by atoms with van der Waals surface area (Å²) >= 11 is 16.4. The molecule has 3 amide bonds. The lowest BCUT2D eigenvalue weighted by Crippen LogP contribution is -2.30. The third-order valence-electron chi connectivity index (χ3n) is 9.73. The van der Waals surface area contributed by atoms with Gasteiger partial charge in [0.25, 0.3) is 11.6 Å². The number of carbonyl (C=O) groups excluding carboxylic acids is 3. The van der Waals surface area contributed by atoms with Crippen molar-refractivity contribution in [2.45, 2.75) is 48.8 Å². The minimum atomic E-state index is -0.460. The van der Waals surface area contributed by atoms with Crippen molar-refractivity contribution in [3.8, 4) is 0 Å². The number of aryl methyl sites for hydroxylation is 2. The molecular formula is C39H29Cl2N5O5S3. The van der Waals surface area contributed by atoms with Gasteiger partial charge in [-0.3, -0.25) is 34.3 Å². The highest BCUT2D eigenvalue weighted by atomic mass is 35.5. The number of thiazole rings is 1. The third kappa shape index (κ3) is 6.83. The number of fused-ring (bicyclic) bond motifs is 2. The lowest BCUT2D eigenvalue weighted by atomic mass is 9.81. The summed E-state index contributed by atoms with van der Waals surface area (Å²) in [5.41, 5.74) is 4.33. The molecule has 5 aromatic rings. The van der Waals surface area contributed by atoms with Gasteiger partial charge in [0.05, 0.1) is 53.8 Å². The number of benzene rings is 4. The van der Waals surface area contributed by atoms with Gasteiger partial charge in [0.1, 0.15) is 0 Å². The van der Waals surface area contributed by atoms with E-state index in [2.05, 4.69) is 4.98 Å². The zero-order valence-corrected chi connectivity index (χ0v) is 32.7. The summed E-state index contributed by atoms with van der Waals surface area (Å²) in [5, 5.41) is 13.8. The van der Waals surface area contributed by atoms with Gasteiger partial charge in [-0.05, 0) is 110 Å². The maximum Gasteiger partial charge on any atom is 0.283 e. The van der Waals surface area contributed by atoms with Crippen LogP contribution < -0.4 is 9.80 Å². The first-order valence-electron chi connectivity index (χ1n) is 17.0. The van der Waals surface area contributed by atoms with Crippen LogP contribution in [0.25, 0.3) is 16.3 Å². The second kappa shape index (κ2) is 14.6. The predicted octanol–water partition coefficient (Wildman–Crippen LogP) is 10.8. The highest BCUT2D eigenvalue weighted by Gasteiger charge is 2.48. The molecule has 1 aliphatic carbocycles. The summed E-state index contributed by atoms with van der Waals surface area (Å²) in [6.07, 6.45) is 4.98. The maximum absolute atomic E-state index is 14.0. The van der Waals surface area contributed by atoms with E-state index in [9.17, 15) is 24.5 Å². The Morgan fingerprint density at radius 2 is 1.54 bits per heavy atom. The van der Waals surface area contributed by atoms with Crippen LogP contribution >= 0.6 is 58.1 Å². The molecule has 0 spiro atoms. The number of hydrogen-bond acceptors (Lipinski definition) is 10. The van der Waals surface area contributed by atoms with Crippen LogP contribution in [0.4, 0.5) is 22.7 Å². The Morgan fingerprint density at radius 3 is 2.22 bits per heavy atom. The fourth-order valence-corrected chi connectivity index (χ4v) is 10.3. The number of nitro benzene ring substituents is 1. The highest BCUT2D eigenvalue weighted by molar-refractivity contribution is 8.19. The number of rotatable bonds is 7. The van der Waals surface area contributed by atoms with Crippen molar-refractivity contribution in [3.05, 3.63) is 115 Å². The van der Waals surface area contributed by atoms with Crippen molar-refractivity contribution >= 4 is 120 Å². The van der Waals surface area contributed by atoms with Gasteiger partial charge in [0.2, 0.25) is 11.8 Å². The fraction of sp³-hybridized carbons (Fsp3) is 0.205. The van der Waals surface area contributed by atoms with Gasteiger partial charge in [-0.25, -0.2) is 9.98 Å². The second-order valence-corrected chi connectivity index (χ2v) is 17.4. The van der Waals surface area contributed by atoms with Crippen molar-refractivity contribution in [2.75, 3.05) is 9.80 Å². The number of amides is 3. The molecule has 272 valence electrons. The van der Waals surface area contributed by atoms with Crippen LogP contribution in [0, 0.1) is 35.8 Å². The molecule has 0 N–H and O–H groups in total. The number of aromatic nitrogens is 1. The molecular weight excluding hydrogens is 786 g/mol. The average Bonchev–Trinajstić information content (AvgIpc) is 3.77. The van der Waals surface area contributed by atoms with E-state index in [4.69, 9.17) is 28.2 Å². The number of imide groups is 1. The first kappa shape index (κ1) is 36.4. The number of nitrogens with zero attached hydrogens (tertiary/aromatic N) is 5. The Labute approximate surface area is 332 Å². The van der Waals surface area contributed by atoms with Crippen molar-refractivity contribution in [2.24, 2.45) is 16.8 Å². The number of carbonyl (C=O) groups is 3. The van der Waals surface area contributed by atoms with Crippen LogP contribution in [0.15, 0.2) is 91.9 Å². The molecule has 0 bridgehead atoms. The van der Waals surface area contributed by atoms with E-state index in [-0.39, 0.29) is 35.2 Å². The molecule has 2 saturated heterocycles. The van der Waals surface area contributed by atoms with Crippen LogP contribution in [-0.4, -0.2) is 32.8 Å². The first-order chi connectivity index (χ1) is 25.9. The Morgan fingerprint density at radius 1 is 0.870 bits per heavy atom. The molecule has 4 aromatic carbocycles. The molecule has 10 nitrogen and oxygen atoms in total. The molecule has 0 radical (unpaired) electrons. The summed E-state index contributed by atoms with van der Waals surface area (Å²) in [5.74, 6) is -1.14. The second-order valence-electron chi connectivity index (χ2n) is 13.2. The number of amidine groups is 1. The van der Waals surface area contributed by atoms with E-state index in [1.54, 1.807) is 54.6 Å². The van der Waals surface area contributed by atoms with E-state index in [0.717, 1.165) is 65.0 Å². The fourth-order valence-electron chi connectivity index (χ4n) is 6.85.